The number of anilines is 1. The Morgan fingerprint density at radius 2 is 1.65 bits per heavy atom. The summed E-state index contributed by atoms with van der Waals surface area (Å²) in [6.07, 6.45) is 0. The van der Waals surface area contributed by atoms with E-state index in [1.165, 1.54) is 18.2 Å². The van der Waals surface area contributed by atoms with Gasteiger partial charge >= 0.3 is 5.97 Å². The number of nitrogens with one attached hydrogen (secondary N) is 1. The van der Waals surface area contributed by atoms with Gasteiger partial charge in [0.1, 0.15) is 5.92 Å². The van der Waals surface area contributed by atoms with E-state index >= 15 is 0 Å². The lowest BCUT2D eigenvalue weighted by Crippen LogP contribution is -2.18. The number of rotatable bonds is 7. The molecule has 174 valence electrons. The first kappa shape index (κ1) is 23.7. The molecule has 1 unspecified atom stereocenters. The number of hydrogen-bond acceptors (Lipinski definition) is 5. The Hall–Kier alpha value is -3.48. The Labute approximate surface area is 204 Å². The fraction of sp³-hybridized carbons (Fsp3) is 0.222. The number of amides is 1. The zero-order valence-electron chi connectivity index (χ0n) is 19.3. The summed E-state index contributed by atoms with van der Waals surface area (Å²) in [4.78, 5) is 31.3. The third kappa shape index (κ3) is 5.35. The Kier molecular flexibility index (Phi) is 7.10. The van der Waals surface area contributed by atoms with Crippen molar-refractivity contribution in [2.75, 3.05) is 19.5 Å². The molecule has 7 heteroatoms. The maximum absolute atomic E-state index is 12.6. The first-order valence-electron chi connectivity index (χ1n) is 10.9. The van der Waals surface area contributed by atoms with Crippen molar-refractivity contribution in [1.82, 2.24) is 4.90 Å². The standard InChI is InChI=1S/C27H26ClN3O3/c1-17(25-23-13-8-20(27(33)34-3)14-24(23)30-26(25)32)29-22-11-6-19(7-12-22)16-31(2)15-18-4-9-21(28)10-5-18/h4-14,25H,15-16H2,1-3H3,(H,30,32). The number of ether oxygens (including phenoxy) is 1. The van der Waals surface area contributed by atoms with Crippen molar-refractivity contribution in [2.45, 2.75) is 25.9 Å². The van der Waals surface area contributed by atoms with Crippen LogP contribution in [-0.4, -0.2) is 36.6 Å². The predicted molar refractivity (Wildman–Crippen MR) is 135 cm³/mol. The van der Waals surface area contributed by atoms with Gasteiger partial charge in [-0.15, -0.1) is 0 Å². The average Bonchev–Trinajstić information content (AvgIpc) is 3.16. The van der Waals surface area contributed by atoms with Crippen molar-refractivity contribution in [3.63, 3.8) is 0 Å². The van der Waals surface area contributed by atoms with Gasteiger partial charge in [0.05, 0.1) is 18.4 Å². The molecule has 0 spiro atoms. The van der Waals surface area contributed by atoms with Crippen molar-refractivity contribution in [3.05, 3.63) is 94.0 Å². The van der Waals surface area contributed by atoms with Crippen LogP contribution in [0.15, 0.2) is 71.7 Å². The Balaban J connectivity index is 1.44. The predicted octanol–water partition coefficient (Wildman–Crippen LogP) is 5.59. The molecule has 0 bridgehead atoms. The molecule has 34 heavy (non-hydrogen) atoms. The van der Waals surface area contributed by atoms with Crippen molar-refractivity contribution in [2.24, 2.45) is 4.99 Å². The molecule has 6 nitrogen and oxygen atoms in total. The Morgan fingerprint density at radius 3 is 2.26 bits per heavy atom. The minimum absolute atomic E-state index is 0.154. The van der Waals surface area contributed by atoms with Gasteiger partial charge in [0.25, 0.3) is 0 Å². The van der Waals surface area contributed by atoms with Crippen LogP contribution in [0.1, 0.15) is 39.9 Å². The molecule has 0 saturated heterocycles. The quantitative estimate of drug-likeness (QED) is 0.357. The summed E-state index contributed by atoms with van der Waals surface area (Å²) >= 11 is 5.96. The van der Waals surface area contributed by atoms with Gasteiger partial charge < -0.3 is 10.1 Å². The highest BCUT2D eigenvalue weighted by Gasteiger charge is 2.33. The summed E-state index contributed by atoms with van der Waals surface area (Å²) in [5.74, 6) is -1.09. The van der Waals surface area contributed by atoms with E-state index in [0.29, 0.717) is 17.0 Å². The van der Waals surface area contributed by atoms with Crippen LogP contribution in [0.3, 0.4) is 0 Å². The fourth-order valence-electron chi connectivity index (χ4n) is 4.14. The molecule has 1 aliphatic heterocycles. The summed E-state index contributed by atoms with van der Waals surface area (Å²) in [7, 11) is 3.41. The molecule has 3 aromatic rings. The molecule has 0 aliphatic carbocycles. The molecule has 0 aromatic heterocycles. The van der Waals surface area contributed by atoms with E-state index < -0.39 is 11.9 Å². The first-order chi connectivity index (χ1) is 16.3. The summed E-state index contributed by atoms with van der Waals surface area (Å²) in [5, 5.41) is 3.59. The largest absolute Gasteiger partial charge is 0.465 e. The number of carbonyl (C=O) groups excluding carboxylic acids is 2. The van der Waals surface area contributed by atoms with Crippen molar-refractivity contribution < 1.29 is 14.3 Å². The van der Waals surface area contributed by atoms with E-state index in [4.69, 9.17) is 21.3 Å². The average molecular weight is 476 g/mol. The van der Waals surface area contributed by atoms with Gasteiger partial charge in [-0.3, -0.25) is 14.7 Å². The van der Waals surface area contributed by atoms with Gasteiger partial charge in [-0.2, -0.15) is 0 Å². The van der Waals surface area contributed by atoms with E-state index in [1.54, 1.807) is 18.2 Å². The number of methoxy groups -OCH3 is 1. The topological polar surface area (TPSA) is 71.0 Å². The van der Waals surface area contributed by atoms with E-state index in [-0.39, 0.29) is 5.91 Å². The summed E-state index contributed by atoms with van der Waals surface area (Å²) in [5.41, 5.74) is 5.67. The van der Waals surface area contributed by atoms with Crippen LogP contribution in [0.4, 0.5) is 11.4 Å². The number of fused-ring (bicyclic) bond motifs is 1. The number of esters is 1. The van der Waals surface area contributed by atoms with Crippen LogP contribution in [0, 0.1) is 0 Å². The Bertz CT molecular complexity index is 1240. The van der Waals surface area contributed by atoms with Gasteiger partial charge in [-0.1, -0.05) is 41.9 Å². The van der Waals surface area contributed by atoms with Crippen LogP contribution < -0.4 is 5.32 Å². The second-order valence-corrected chi connectivity index (χ2v) is 8.87. The fourth-order valence-corrected chi connectivity index (χ4v) is 4.26. The molecule has 0 fully saturated rings. The molecule has 0 radical (unpaired) electrons. The lowest BCUT2D eigenvalue weighted by atomic mass is 9.95. The molecule has 1 heterocycles. The maximum Gasteiger partial charge on any atom is 0.337 e. The highest BCUT2D eigenvalue weighted by molar-refractivity contribution is 6.30. The van der Waals surface area contributed by atoms with Crippen LogP contribution in [-0.2, 0) is 22.6 Å². The highest BCUT2D eigenvalue weighted by Crippen LogP contribution is 2.35. The van der Waals surface area contributed by atoms with Crippen LogP contribution >= 0.6 is 11.6 Å². The van der Waals surface area contributed by atoms with Gasteiger partial charge in [-0.25, -0.2) is 4.79 Å². The molecule has 3 aromatic carbocycles. The summed E-state index contributed by atoms with van der Waals surface area (Å²) in [6.45, 7) is 3.47. The third-order valence-corrected chi connectivity index (χ3v) is 6.04. The molecule has 0 saturated carbocycles. The van der Waals surface area contributed by atoms with E-state index in [2.05, 4.69) is 29.4 Å². The molecular formula is C27H26ClN3O3. The van der Waals surface area contributed by atoms with Gasteiger partial charge in [0.2, 0.25) is 5.91 Å². The molecule has 1 aliphatic rings. The second-order valence-electron chi connectivity index (χ2n) is 8.43. The zero-order chi connectivity index (χ0) is 24.2. The number of carbonyl (C=O) groups is 2. The number of benzene rings is 3. The number of hydrogen-bond donors (Lipinski definition) is 1. The monoisotopic (exact) mass is 475 g/mol. The van der Waals surface area contributed by atoms with E-state index in [9.17, 15) is 9.59 Å². The van der Waals surface area contributed by atoms with Gasteiger partial charge in [0.15, 0.2) is 0 Å². The molecule has 1 amide bonds. The SMILES string of the molecule is COC(=O)c1ccc2c(c1)NC(=O)C2C(C)=Nc1ccc(CN(C)Cc2ccc(Cl)cc2)cc1. The minimum Gasteiger partial charge on any atom is -0.465 e. The molecular weight excluding hydrogens is 450 g/mol. The summed E-state index contributed by atoms with van der Waals surface area (Å²) < 4.78 is 4.76. The van der Waals surface area contributed by atoms with E-state index in [0.717, 1.165) is 29.4 Å². The third-order valence-electron chi connectivity index (χ3n) is 5.78. The molecule has 1 atom stereocenters. The Morgan fingerprint density at radius 1 is 1.03 bits per heavy atom. The lowest BCUT2D eigenvalue weighted by molar-refractivity contribution is -0.115. The highest BCUT2D eigenvalue weighted by atomic mass is 35.5. The second kappa shape index (κ2) is 10.2. The lowest BCUT2D eigenvalue weighted by Gasteiger charge is -2.17. The normalized spacial score (nSPS) is 15.3. The molecule has 1 N–H and O–H groups in total. The number of nitrogens with zero attached hydrogens (tertiary/aromatic N) is 2. The number of aliphatic imine (C=N–C) groups is 1. The van der Waals surface area contributed by atoms with Crippen molar-refractivity contribution in [3.8, 4) is 0 Å². The smallest absolute Gasteiger partial charge is 0.337 e. The minimum atomic E-state index is -0.494. The maximum atomic E-state index is 12.6. The van der Waals surface area contributed by atoms with Crippen molar-refractivity contribution >= 4 is 40.6 Å². The van der Waals surface area contributed by atoms with E-state index in [1.807, 2.05) is 43.3 Å². The van der Waals surface area contributed by atoms with Gasteiger partial charge in [0, 0.05) is 29.5 Å². The van der Waals surface area contributed by atoms with Gasteiger partial charge in [-0.05, 0) is 67.1 Å². The zero-order valence-corrected chi connectivity index (χ0v) is 20.1. The first-order valence-corrected chi connectivity index (χ1v) is 11.3. The number of halogens is 1. The van der Waals surface area contributed by atoms with Crippen LogP contribution in [0.5, 0.6) is 0 Å². The summed E-state index contributed by atoms with van der Waals surface area (Å²) in [6, 6.07) is 21.0. The van der Waals surface area contributed by atoms with Crippen LogP contribution in [0.25, 0.3) is 0 Å². The van der Waals surface area contributed by atoms with Crippen molar-refractivity contribution in [1.29, 1.82) is 0 Å². The van der Waals surface area contributed by atoms with Crippen LogP contribution in [0.2, 0.25) is 5.02 Å². The molecule has 4 rings (SSSR count).